The summed E-state index contributed by atoms with van der Waals surface area (Å²) < 4.78 is 78.9. The molecule has 0 unspecified atom stereocenters. The van der Waals surface area contributed by atoms with Crippen LogP contribution >= 0.6 is 0 Å². The second kappa shape index (κ2) is 6.22. The van der Waals surface area contributed by atoms with Gasteiger partial charge in [0, 0.05) is 12.6 Å². The van der Waals surface area contributed by atoms with E-state index in [2.05, 4.69) is 10.1 Å². The van der Waals surface area contributed by atoms with Crippen LogP contribution in [0.1, 0.15) is 5.69 Å². The fourth-order valence-corrected chi connectivity index (χ4v) is 3.24. The number of fused-ring (bicyclic) bond motifs is 1. The number of rotatable bonds is 3. The van der Waals surface area contributed by atoms with Crippen LogP contribution in [0.5, 0.6) is 5.75 Å². The van der Waals surface area contributed by atoms with Gasteiger partial charge in [0.05, 0.1) is 17.6 Å². The minimum absolute atomic E-state index is 0.119. The van der Waals surface area contributed by atoms with E-state index in [0.717, 1.165) is 36.2 Å². The Morgan fingerprint density at radius 1 is 1.29 bits per heavy atom. The van der Waals surface area contributed by atoms with Gasteiger partial charge in [0.2, 0.25) is 15.5 Å². The van der Waals surface area contributed by atoms with Crippen LogP contribution in [0.4, 0.5) is 23.2 Å². The first-order valence-corrected chi connectivity index (χ1v) is 9.35. The van der Waals surface area contributed by atoms with Crippen molar-refractivity contribution in [2.45, 2.75) is 6.18 Å². The van der Waals surface area contributed by atoms with E-state index in [0.29, 0.717) is 0 Å². The van der Waals surface area contributed by atoms with Crippen LogP contribution in [-0.4, -0.2) is 34.5 Å². The average Bonchev–Trinajstić information content (AvgIpc) is 2.87. The molecule has 0 aliphatic heterocycles. The lowest BCUT2D eigenvalue weighted by molar-refractivity contribution is -0.140. The van der Waals surface area contributed by atoms with Gasteiger partial charge in [0.1, 0.15) is 16.9 Å². The number of halogens is 4. The molecular formula is C15H12F4N4O4S. The van der Waals surface area contributed by atoms with Crippen LogP contribution in [0.15, 0.2) is 23.0 Å². The second-order valence-electron chi connectivity index (χ2n) is 5.94. The summed E-state index contributed by atoms with van der Waals surface area (Å²) in [5.41, 5.74) is -4.18. The number of nitrogens with one attached hydrogen (secondary N) is 2. The third-order valence-electron chi connectivity index (χ3n) is 3.78. The number of anilines is 1. The lowest BCUT2D eigenvalue weighted by Gasteiger charge is -2.10. The van der Waals surface area contributed by atoms with E-state index in [1.54, 1.807) is 0 Å². The zero-order chi connectivity index (χ0) is 21.0. The minimum Gasteiger partial charge on any atom is -0.503 e. The van der Waals surface area contributed by atoms with Crippen molar-refractivity contribution >= 4 is 26.7 Å². The van der Waals surface area contributed by atoms with Crippen molar-refractivity contribution in [3.63, 3.8) is 0 Å². The smallest absolute Gasteiger partial charge is 0.435 e. The molecule has 28 heavy (non-hydrogen) atoms. The molecule has 0 saturated heterocycles. The van der Waals surface area contributed by atoms with Crippen LogP contribution in [-0.2, 0) is 23.2 Å². The molecule has 150 valence electrons. The standard InChI is InChI=1S/C15H12F4N4O4S/c1-23-14-9(13(21-23)15(17,18)19)11(24)12(25)10(20-14)7-4-3-6(5-8(7)16)22-28(2,26)27/h3-5,22,25H,1-2H3,(H,20,24). The van der Waals surface area contributed by atoms with Gasteiger partial charge >= 0.3 is 6.18 Å². The van der Waals surface area contributed by atoms with E-state index in [-0.39, 0.29) is 16.9 Å². The van der Waals surface area contributed by atoms with Crippen molar-refractivity contribution in [2.24, 2.45) is 7.05 Å². The monoisotopic (exact) mass is 420 g/mol. The van der Waals surface area contributed by atoms with Gasteiger partial charge in [-0.15, -0.1) is 0 Å². The molecule has 0 radical (unpaired) electrons. The topological polar surface area (TPSA) is 117 Å². The van der Waals surface area contributed by atoms with Crippen molar-refractivity contribution in [2.75, 3.05) is 11.0 Å². The number of nitrogens with zero attached hydrogens (tertiary/aromatic N) is 2. The van der Waals surface area contributed by atoms with Crippen LogP contribution in [0.25, 0.3) is 22.3 Å². The molecule has 3 N–H and O–H groups in total. The summed E-state index contributed by atoms with van der Waals surface area (Å²) in [4.78, 5) is 14.7. The number of pyridine rings is 1. The first kappa shape index (κ1) is 19.7. The highest BCUT2D eigenvalue weighted by Crippen LogP contribution is 2.35. The predicted molar refractivity (Wildman–Crippen MR) is 91.9 cm³/mol. The lowest BCUT2D eigenvalue weighted by atomic mass is 10.1. The molecule has 13 heteroatoms. The van der Waals surface area contributed by atoms with E-state index >= 15 is 0 Å². The summed E-state index contributed by atoms with van der Waals surface area (Å²) in [6, 6.07) is 3.01. The van der Waals surface area contributed by atoms with E-state index in [4.69, 9.17) is 0 Å². The molecule has 0 fully saturated rings. The predicted octanol–water partition coefficient (Wildman–Crippen LogP) is 2.16. The fraction of sp³-hybridized carbons (Fsp3) is 0.200. The first-order chi connectivity index (χ1) is 12.8. The third kappa shape index (κ3) is 3.40. The number of sulfonamides is 1. The van der Waals surface area contributed by atoms with Crippen molar-refractivity contribution < 1.29 is 31.1 Å². The van der Waals surface area contributed by atoms with Gasteiger partial charge < -0.3 is 10.1 Å². The summed E-state index contributed by atoms with van der Waals surface area (Å²) in [5.74, 6) is -2.16. The van der Waals surface area contributed by atoms with Gasteiger partial charge in [-0.05, 0) is 18.2 Å². The molecule has 0 amide bonds. The first-order valence-electron chi connectivity index (χ1n) is 7.46. The maximum Gasteiger partial charge on any atom is 0.435 e. The Kier molecular flexibility index (Phi) is 4.37. The van der Waals surface area contributed by atoms with Crippen molar-refractivity contribution in [3.05, 3.63) is 39.9 Å². The Balaban J connectivity index is 2.24. The molecule has 0 saturated carbocycles. The SMILES string of the molecule is Cn1nc(C(F)(F)F)c2c(=O)c(O)c(-c3ccc(NS(C)(=O)=O)cc3F)[nH]c21. The number of aromatic amines is 1. The Labute approximate surface area is 154 Å². The van der Waals surface area contributed by atoms with Gasteiger partial charge in [-0.1, -0.05) is 0 Å². The number of benzene rings is 1. The van der Waals surface area contributed by atoms with Crippen LogP contribution in [0, 0.1) is 5.82 Å². The molecule has 3 rings (SSSR count). The van der Waals surface area contributed by atoms with E-state index in [9.17, 15) is 35.9 Å². The second-order valence-corrected chi connectivity index (χ2v) is 7.69. The molecule has 0 aliphatic rings. The van der Waals surface area contributed by atoms with Gasteiger partial charge in [-0.3, -0.25) is 14.2 Å². The highest BCUT2D eigenvalue weighted by molar-refractivity contribution is 7.92. The summed E-state index contributed by atoms with van der Waals surface area (Å²) >= 11 is 0. The molecule has 2 aromatic heterocycles. The van der Waals surface area contributed by atoms with E-state index < -0.39 is 50.0 Å². The van der Waals surface area contributed by atoms with Crippen molar-refractivity contribution in [1.29, 1.82) is 0 Å². The van der Waals surface area contributed by atoms with Gasteiger partial charge in [0.25, 0.3) is 0 Å². The average molecular weight is 420 g/mol. The molecule has 0 aliphatic carbocycles. The van der Waals surface area contributed by atoms with E-state index in [1.807, 2.05) is 4.72 Å². The van der Waals surface area contributed by atoms with E-state index in [1.165, 1.54) is 0 Å². The molecule has 0 atom stereocenters. The Bertz CT molecular complexity index is 1260. The minimum atomic E-state index is -4.94. The van der Waals surface area contributed by atoms with Gasteiger partial charge in [0.15, 0.2) is 11.4 Å². The van der Waals surface area contributed by atoms with Crippen molar-refractivity contribution in [3.8, 4) is 17.0 Å². The largest absolute Gasteiger partial charge is 0.503 e. The number of hydrogen-bond acceptors (Lipinski definition) is 5. The summed E-state index contributed by atoms with van der Waals surface area (Å²) in [5, 5.41) is 12.5. The molecule has 0 spiro atoms. The summed E-state index contributed by atoms with van der Waals surface area (Å²) in [7, 11) is -2.53. The molecule has 3 aromatic rings. The number of aromatic hydroxyl groups is 1. The number of aromatic nitrogens is 3. The highest BCUT2D eigenvalue weighted by Gasteiger charge is 2.38. The quantitative estimate of drug-likeness (QED) is 0.562. The molecule has 2 heterocycles. The number of aryl methyl sites for hydroxylation is 1. The van der Waals surface area contributed by atoms with Gasteiger partial charge in [-0.2, -0.15) is 18.3 Å². The summed E-state index contributed by atoms with van der Waals surface area (Å²) in [6.45, 7) is 0. The Hall–Kier alpha value is -3.09. The van der Waals surface area contributed by atoms with Gasteiger partial charge in [-0.25, -0.2) is 12.8 Å². The maximum absolute atomic E-state index is 14.4. The third-order valence-corrected chi connectivity index (χ3v) is 4.39. The fourth-order valence-electron chi connectivity index (χ4n) is 2.68. The highest BCUT2D eigenvalue weighted by atomic mass is 32.2. The number of alkyl halides is 3. The Morgan fingerprint density at radius 3 is 2.46 bits per heavy atom. The van der Waals surface area contributed by atoms with Crippen molar-refractivity contribution in [1.82, 2.24) is 14.8 Å². The normalized spacial score (nSPS) is 12.5. The molecule has 8 nitrogen and oxygen atoms in total. The van der Waals surface area contributed by atoms with Crippen LogP contribution in [0.3, 0.4) is 0 Å². The van der Waals surface area contributed by atoms with Crippen LogP contribution < -0.4 is 10.2 Å². The zero-order valence-corrected chi connectivity index (χ0v) is 15.0. The number of H-pyrrole nitrogens is 1. The zero-order valence-electron chi connectivity index (χ0n) is 14.2. The molecule has 0 bridgehead atoms. The maximum atomic E-state index is 14.4. The Morgan fingerprint density at radius 2 is 1.93 bits per heavy atom. The lowest BCUT2D eigenvalue weighted by Crippen LogP contribution is -2.12. The molecular weight excluding hydrogens is 408 g/mol. The van der Waals surface area contributed by atoms with Crippen LogP contribution in [0.2, 0.25) is 0 Å². The number of hydrogen-bond donors (Lipinski definition) is 3. The molecule has 1 aromatic carbocycles. The summed E-state index contributed by atoms with van der Waals surface area (Å²) in [6.07, 6.45) is -4.08.